The number of fused-ring (bicyclic) bond motifs is 1. The second-order valence-corrected chi connectivity index (χ2v) is 8.26. The van der Waals surface area contributed by atoms with Gasteiger partial charge in [-0.05, 0) is 62.1 Å². The minimum Gasteiger partial charge on any atom is -0.314 e. The summed E-state index contributed by atoms with van der Waals surface area (Å²) in [6, 6.07) is 9.89. The van der Waals surface area contributed by atoms with E-state index in [1.807, 2.05) is 0 Å². The summed E-state index contributed by atoms with van der Waals surface area (Å²) in [7, 11) is 0. The topological polar surface area (TPSA) is 12.0 Å². The highest BCUT2D eigenvalue weighted by atomic mass is 32.2. The van der Waals surface area contributed by atoms with Gasteiger partial charge in [0, 0.05) is 16.2 Å². The number of rotatable bonds is 5. The molecule has 0 spiro atoms. The van der Waals surface area contributed by atoms with Crippen molar-refractivity contribution in [3.63, 3.8) is 0 Å². The zero-order valence-electron chi connectivity index (χ0n) is 12.2. The van der Waals surface area contributed by atoms with E-state index in [1.54, 1.807) is 10.5 Å². The maximum absolute atomic E-state index is 3.76. The van der Waals surface area contributed by atoms with Gasteiger partial charge in [0.05, 0.1) is 0 Å². The largest absolute Gasteiger partial charge is 0.314 e. The summed E-state index contributed by atoms with van der Waals surface area (Å²) in [6.07, 6.45) is 10.00. The van der Waals surface area contributed by atoms with Crippen LogP contribution in [0.4, 0.5) is 0 Å². The van der Waals surface area contributed by atoms with Crippen molar-refractivity contribution in [1.29, 1.82) is 0 Å². The molecule has 0 amide bonds. The molecule has 108 valence electrons. The fraction of sp³-hybridized carbons (Fsp3) is 0.667. The van der Waals surface area contributed by atoms with E-state index in [1.165, 1.54) is 51.5 Å². The molecule has 2 aliphatic carbocycles. The predicted octanol–water partition coefficient (Wildman–Crippen LogP) is 4.26. The second kappa shape index (κ2) is 5.73. The van der Waals surface area contributed by atoms with E-state index < -0.39 is 0 Å². The van der Waals surface area contributed by atoms with Gasteiger partial charge in [0.15, 0.2) is 0 Å². The third-order valence-corrected chi connectivity index (χ3v) is 6.69. The highest BCUT2D eigenvalue weighted by Gasteiger charge is 2.33. The molecule has 2 heteroatoms. The molecule has 0 aromatic heterocycles. The standard InChI is InChI=1S/C18H25NS/c1-2-7-18-14(4-1)11-17(20-18)10-13-5-3-6-15(13)12-19-16-8-9-16/h1-2,4,7,13,15-17,19H,3,5-6,8-12H2. The van der Waals surface area contributed by atoms with E-state index in [-0.39, 0.29) is 0 Å². The molecule has 0 bridgehead atoms. The smallest absolute Gasteiger partial charge is 0.0138 e. The van der Waals surface area contributed by atoms with Crippen LogP contribution in [-0.2, 0) is 6.42 Å². The van der Waals surface area contributed by atoms with Gasteiger partial charge in [0.2, 0.25) is 0 Å². The Labute approximate surface area is 126 Å². The Morgan fingerprint density at radius 2 is 1.90 bits per heavy atom. The monoisotopic (exact) mass is 287 g/mol. The van der Waals surface area contributed by atoms with E-state index in [9.17, 15) is 0 Å². The van der Waals surface area contributed by atoms with Gasteiger partial charge in [-0.1, -0.05) is 31.0 Å². The van der Waals surface area contributed by atoms with Crippen LogP contribution in [0.3, 0.4) is 0 Å². The van der Waals surface area contributed by atoms with Crippen LogP contribution in [0.15, 0.2) is 29.2 Å². The first kappa shape index (κ1) is 13.2. The molecule has 3 unspecified atom stereocenters. The maximum atomic E-state index is 3.76. The highest BCUT2D eigenvalue weighted by molar-refractivity contribution is 8.00. The van der Waals surface area contributed by atoms with Crippen molar-refractivity contribution in [2.24, 2.45) is 11.8 Å². The Kier molecular flexibility index (Phi) is 3.78. The molecule has 20 heavy (non-hydrogen) atoms. The maximum Gasteiger partial charge on any atom is 0.0138 e. The lowest BCUT2D eigenvalue weighted by atomic mass is 9.90. The molecule has 1 heterocycles. The lowest BCUT2D eigenvalue weighted by Crippen LogP contribution is -2.28. The number of benzene rings is 1. The summed E-state index contributed by atoms with van der Waals surface area (Å²) in [4.78, 5) is 1.54. The Bertz CT molecular complexity index is 443. The minimum atomic E-state index is 0.846. The van der Waals surface area contributed by atoms with E-state index in [0.29, 0.717) is 0 Å². The van der Waals surface area contributed by atoms with Crippen molar-refractivity contribution in [2.45, 2.75) is 61.1 Å². The fourth-order valence-electron chi connectivity index (χ4n) is 4.02. The normalized spacial score (nSPS) is 32.5. The molecule has 2 saturated carbocycles. The molecule has 0 radical (unpaired) electrons. The van der Waals surface area contributed by atoms with Crippen LogP contribution in [0.1, 0.15) is 44.1 Å². The number of hydrogen-bond donors (Lipinski definition) is 1. The van der Waals surface area contributed by atoms with E-state index >= 15 is 0 Å². The minimum absolute atomic E-state index is 0.846. The Hall–Kier alpha value is -0.470. The molecule has 0 saturated heterocycles. The molecule has 4 rings (SSSR count). The van der Waals surface area contributed by atoms with Crippen molar-refractivity contribution in [1.82, 2.24) is 5.32 Å². The number of nitrogens with one attached hydrogen (secondary N) is 1. The summed E-state index contributed by atoms with van der Waals surface area (Å²) >= 11 is 2.14. The Balaban J connectivity index is 1.32. The second-order valence-electron chi connectivity index (χ2n) is 6.92. The highest BCUT2D eigenvalue weighted by Crippen LogP contribution is 2.43. The van der Waals surface area contributed by atoms with Gasteiger partial charge in [0.1, 0.15) is 0 Å². The van der Waals surface area contributed by atoms with Gasteiger partial charge in [0.25, 0.3) is 0 Å². The predicted molar refractivity (Wildman–Crippen MR) is 86.3 cm³/mol. The van der Waals surface area contributed by atoms with Crippen LogP contribution >= 0.6 is 11.8 Å². The van der Waals surface area contributed by atoms with E-state index in [4.69, 9.17) is 0 Å². The van der Waals surface area contributed by atoms with Gasteiger partial charge in [-0.2, -0.15) is 0 Å². The molecular formula is C18H25NS. The van der Waals surface area contributed by atoms with Gasteiger partial charge >= 0.3 is 0 Å². The molecule has 1 aromatic rings. The number of hydrogen-bond acceptors (Lipinski definition) is 2. The molecule has 2 fully saturated rings. The first-order chi connectivity index (χ1) is 9.88. The van der Waals surface area contributed by atoms with Crippen molar-refractivity contribution in [3.8, 4) is 0 Å². The van der Waals surface area contributed by atoms with Gasteiger partial charge in [-0.15, -0.1) is 11.8 Å². The average Bonchev–Trinajstić information content (AvgIpc) is 3.04. The van der Waals surface area contributed by atoms with E-state index in [2.05, 4.69) is 41.3 Å². The molecule has 1 nitrogen and oxygen atoms in total. The molecule has 3 aliphatic rings. The molecule has 1 aromatic carbocycles. The third kappa shape index (κ3) is 2.92. The van der Waals surface area contributed by atoms with E-state index in [0.717, 1.165) is 23.1 Å². The Morgan fingerprint density at radius 3 is 2.75 bits per heavy atom. The summed E-state index contributed by atoms with van der Waals surface area (Å²) in [5.74, 6) is 1.94. The first-order valence-electron chi connectivity index (χ1n) is 8.36. The SMILES string of the molecule is c1ccc2c(c1)CC(CC1CCCC1CNC1CC1)S2. The van der Waals surface area contributed by atoms with Gasteiger partial charge in [-0.3, -0.25) is 0 Å². The van der Waals surface area contributed by atoms with Crippen LogP contribution in [-0.4, -0.2) is 17.8 Å². The van der Waals surface area contributed by atoms with Crippen molar-refractivity contribution in [3.05, 3.63) is 29.8 Å². The summed E-state index contributed by atoms with van der Waals surface area (Å²) in [5.41, 5.74) is 1.59. The van der Waals surface area contributed by atoms with Crippen LogP contribution in [0.2, 0.25) is 0 Å². The molecular weight excluding hydrogens is 262 g/mol. The molecule has 1 N–H and O–H groups in total. The van der Waals surface area contributed by atoms with Gasteiger partial charge < -0.3 is 5.32 Å². The molecule has 1 aliphatic heterocycles. The zero-order valence-corrected chi connectivity index (χ0v) is 13.0. The average molecular weight is 287 g/mol. The fourth-order valence-corrected chi connectivity index (χ4v) is 5.45. The first-order valence-corrected chi connectivity index (χ1v) is 9.24. The van der Waals surface area contributed by atoms with Crippen molar-refractivity contribution in [2.75, 3.05) is 6.54 Å². The van der Waals surface area contributed by atoms with Crippen molar-refractivity contribution < 1.29 is 0 Å². The quantitative estimate of drug-likeness (QED) is 0.868. The number of thioether (sulfide) groups is 1. The molecule has 3 atom stereocenters. The third-order valence-electron chi connectivity index (χ3n) is 5.34. The summed E-state index contributed by atoms with van der Waals surface area (Å²) in [6.45, 7) is 1.29. The summed E-state index contributed by atoms with van der Waals surface area (Å²) in [5, 5.41) is 4.61. The van der Waals surface area contributed by atoms with Gasteiger partial charge in [-0.25, -0.2) is 0 Å². The zero-order chi connectivity index (χ0) is 13.4. The van der Waals surface area contributed by atoms with Crippen molar-refractivity contribution >= 4 is 11.8 Å². The lowest BCUT2D eigenvalue weighted by molar-refractivity contribution is 0.344. The van der Waals surface area contributed by atoms with Crippen LogP contribution in [0.25, 0.3) is 0 Å². The van der Waals surface area contributed by atoms with Crippen LogP contribution in [0, 0.1) is 11.8 Å². The van der Waals surface area contributed by atoms with Crippen LogP contribution < -0.4 is 5.32 Å². The summed E-state index contributed by atoms with van der Waals surface area (Å²) < 4.78 is 0. The Morgan fingerprint density at radius 1 is 1.05 bits per heavy atom. The van der Waals surface area contributed by atoms with Crippen LogP contribution in [0.5, 0.6) is 0 Å². The lowest BCUT2D eigenvalue weighted by Gasteiger charge is -2.22.